The minimum atomic E-state index is -0.386. The zero-order valence-corrected chi connectivity index (χ0v) is 11.2. The second-order valence-electron chi connectivity index (χ2n) is 4.61. The molecule has 1 heterocycles. The van der Waals surface area contributed by atoms with E-state index in [1.165, 1.54) is 20.0 Å². The van der Waals surface area contributed by atoms with Crippen LogP contribution in [0.1, 0.15) is 23.2 Å². The molecule has 0 aliphatic carbocycles. The fraction of sp³-hybridized carbons (Fsp3) is 0.500. The molecule has 0 spiro atoms. The second-order valence-corrected chi connectivity index (χ2v) is 4.61. The second kappa shape index (κ2) is 6.43. The molecule has 104 valence electrons. The molecule has 1 aromatic rings. The minimum absolute atomic E-state index is 0.379. The van der Waals surface area contributed by atoms with Crippen LogP contribution in [0.5, 0.6) is 5.75 Å². The summed E-state index contributed by atoms with van der Waals surface area (Å²) in [4.78, 5) is 14.3. The topological polar surface area (TPSA) is 64.8 Å². The molecule has 1 aliphatic heterocycles. The van der Waals surface area contributed by atoms with Crippen LogP contribution in [-0.4, -0.2) is 44.2 Å². The number of likely N-dealkylation sites (tertiary alicyclic amines) is 1. The smallest absolute Gasteiger partial charge is 0.342 e. The fourth-order valence-electron chi connectivity index (χ4n) is 2.29. The number of benzene rings is 1. The lowest BCUT2D eigenvalue weighted by Gasteiger charge is -2.15. The number of nitrogens with zero attached hydrogens (tertiary/aromatic N) is 1. The van der Waals surface area contributed by atoms with Crippen molar-refractivity contribution in [3.63, 3.8) is 0 Å². The number of esters is 1. The van der Waals surface area contributed by atoms with Crippen molar-refractivity contribution in [3.05, 3.63) is 23.8 Å². The van der Waals surface area contributed by atoms with Gasteiger partial charge in [-0.1, -0.05) is 6.07 Å². The Kier molecular flexibility index (Phi) is 4.63. The van der Waals surface area contributed by atoms with Crippen LogP contribution >= 0.6 is 0 Å². The van der Waals surface area contributed by atoms with Crippen molar-refractivity contribution in [2.24, 2.45) is 0 Å². The van der Waals surface area contributed by atoms with Gasteiger partial charge in [0.15, 0.2) is 5.75 Å². The first-order valence-corrected chi connectivity index (χ1v) is 6.54. The first-order chi connectivity index (χ1) is 9.22. The lowest BCUT2D eigenvalue weighted by atomic mass is 10.2. The van der Waals surface area contributed by atoms with E-state index in [9.17, 15) is 4.79 Å². The van der Waals surface area contributed by atoms with E-state index in [-0.39, 0.29) is 5.97 Å². The first kappa shape index (κ1) is 13.7. The number of ether oxygens (including phenoxy) is 2. The Hall–Kier alpha value is -1.75. The number of hydrogen-bond donors (Lipinski definition) is 1. The van der Waals surface area contributed by atoms with Gasteiger partial charge in [-0.2, -0.15) is 0 Å². The number of carbonyl (C=O) groups excluding carboxylic acids is 1. The minimum Gasteiger partial charge on any atom is -0.494 e. The molecule has 0 atom stereocenters. The number of methoxy groups -OCH3 is 1. The molecule has 0 unspecified atom stereocenters. The van der Waals surface area contributed by atoms with Gasteiger partial charge < -0.3 is 15.2 Å². The quantitative estimate of drug-likeness (QED) is 0.645. The Labute approximate surface area is 113 Å². The lowest BCUT2D eigenvalue weighted by Crippen LogP contribution is -2.25. The van der Waals surface area contributed by atoms with Crippen molar-refractivity contribution >= 4 is 11.7 Å². The lowest BCUT2D eigenvalue weighted by molar-refractivity contribution is 0.0469. The van der Waals surface area contributed by atoms with Gasteiger partial charge in [0, 0.05) is 6.54 Å². The van der Waals surface area contributed by atoms with Gasteiger partial charge in [0.1, 0.15) is 12.2 Å². The van der Waals surface area contributed by atoms with Gasteiger partial charge in [-0.25, -0.2) is 4.79 Å². The normalized spacial score (nSPS) is 15.4. The molecule has 0 amide bonds. The summed E-state index contributed by atoms with van der Waals surface area (Å²) >= 11 is 0. The number of rotatable bonds is 5. The maximum absolute atomic E-state index is 12.0. The third-order valence-corrected chi connectivity index (χ3v) is 3.31. The molecule has 0 bridgehead atoms. The maximum atomic E-state index is 12.0. The van der Waals surface area contributed by atoms with Crippen LogP contribution in [0, 0.1) is 0 Å². The molecule has 19 heavy (non-hydrogen) atoms. The van der Waals surface area contributed by atoms with E-state index in [0.717, 1.165) is 19.6 Å². The molecular weight excluding hydrogens is 244 g/mol. The van der Waals surface area contributed by atoms with Gasteiger partial charge in [-0.05, 0) is 38.1 Å². The van der Waals surface area contributed by atoms with Gasteiger partial charge >= 0.3 is 5.97 Å². The van der Waals surface area contributed by atoms with Crippen molar-refractivity contribution in [1.29, 1.82) is 0 Å². The molecule has 0 radical (unpaired) electrons. The average Bonchev–Trinajstić information content (AvgIpc) is 2.91. The van der Waals surface area contributed by atoms with E-state index in [1.807, 2.05) is 0 Å². The summed E-state index contributed by atoms with van der Waals surface area (Å²) in [5.74, 6) is -0.00276. The van der Waals surface area contributed by atoms with Crippen LogP contribution in [0.25, 0.3) is 0 Å². The van der Waals surface area contributed by atoms with E-state index in [4.69, 9.17) is 15.2 Å². The molecule has 2 N–H and O–H groups in total. The molecule has 1 saturated heterocycles. The van der Waals surface area contributed by atoms with Crippen molar-refractivity contribution in [1.82, 2.24) is 4.90 Å². The Morgan fingerprint density at radius 2 is 2.11 bits per heavy atom. The zero-order valence-electron chi connectivity index (χ0n) is 11.2. The molecule has 0 saturated carbocycles. The summed E-state index contributed by atoms with van der Waals surface area (Å²) in [6.45, 7) is 3.38. The molecule has 0 aromatic heterocycles. The highest BCUT2D eigenvalue weighted by atomic mass is 16.5. The number of hydrogen-bond acceptors (Lipinski definition) is 5. The van der Waals surface area contributed by atoms with Crippen LogP contribution in [-0.2, 0) is 4.74 Å². The Morgan fingerprint density at radius 3 is 2.79 bits per heavy atom. The van der Waals surface area contributed by atoms with Crippen molar-refractivity contribution in [2.75, 3.05) is 39.1 Å². The molecule has 1 aliphatic rings. The van der Waals surface area contributed by atoms with Crippen LogP contribution in [0.15, 0.2) is 18.2 Å². The monoisotopic (exact) mass is 264 g/mol. The van der Waals surface area contributed by atoms with Crippen LogP contribution in [0.3, 0.4) is 0 Å². The maximum Gasteiger partial charge on any atom is 0.342 e. The van der Waals surface area contributed by atoms with Gasteiger partial charge in [-0.3, -0.25) is 4.90 Å². The largest absolute Gasteiger partial charge is 0.494 e. The number of carbonyl (C=O) groups is 1. The number of nitrogens with two attached hydrogens (primary N) is 1. The summed E-state index contributed by atoms with van der Waals surface area (Å²) in [6.07, 6.45) is 2.47. The predicted octanol–water partition coefficient (Wildman–Crippen LogP) is 1.53. The van der Waals surface area contributed by atoms with Crippen molar-refractivity contribution in [2.45, 2.75) is 12.8 Å². The van der Waals surface area contributed by atoms with Gasteiger partial charge in [0.25, 0.3) is 0 Å². The summed E-state index contributed by atoms with van der Waals surface area (Å²) in [6, 6.07) is 5.07. The van der Waals surface area contributed by atoms with Crippen molar-refractivity contribution in [3.8, 4) is 5.75 Å². The summed E-state index contributed by atoms with van der Waals surface area (Å²) in [5.41, 5.74) is 6.58. The SMILES string of the molecule is COc1c(N)cccc1C(=O)OCCN1CCCC1. The third kappa shape index (κ3) is 3.38. The zero-order chi connectivity index (χ0) is 13.7. The van der Waals surface area contributed by atoms with E-state index < -0.39 is 0 Å². The van der Waals surface area contributed by atoms with Crippen molar-refractivity contribution < 1.29 is 14.3 Å². The van der Waals surface area contributed by atoms with Gasteiger partial charge in [0.2, 0.25) is 0 Å². The molecule has 1 fully saturated rings. The highest BCUT2D eigenvalue weighted by Gasteiger charge is 2.17. The molecule has 5 heteroatoms. The standard InChI is InChI=1S/C14H20N2O3/c1-18-13-11(5-4-6-12(13)15)14(17)19-10-9-16-7-2-3-8-16/h4-6H,2-3,7-10,15H2,1H3. The third-order valence-electron chi connectivity index (χ3n) is 3.31. The number of nitrogen functional groups attached to an aromatic ring is 1. The van der Waals surface area contributed by atoms with Crippen LogP contribution < -0.4 is 10.5 Å². The van der Waals surface area contributed by atoms with E-state index in [0.29, 0.717) is 23.6 Å². The highest BCUT2D eigenvalue weighted by Crippen LogP contribution is 2.26. The van der Waals surface area contributed by atoms with Crippen LogP contribution in [0.4, 0.5) is 5.69 Å². The summed E-state index contributed by atoms with van der Waals surface area (Å²) in [5, 5.41) is 0. The van der Waals surface area contributed by atoms with E-state index >= 15 is 0 Å². The fourth-order valence-corrected chi connectivity index (χ4v) is 2.29. The highest BCUT2D eigenvalue weighted by molar-refractivity contribution is 5.94. The molecule has 2 rings (SSSR count). The van der Waals surface area contributed by atoms with E-state index in [1.54, 1.807) is 18.2 Å². The van der Waals surface area contributed by atoms with Gasteiger partial charge in [-0.15, -0.1) is 0 Å². The summed E-state index contributed by atoms with van der Waals surface area (Å²) < 4.78 is 10.4. The van der Waals surface area contributed by atoms with Crippen LogP contribution in [0.2, 0.25) is 0 Å². The van der Waals surface area contributed by atoms with Gasteiger partial charge in [0.05, 0.1) is 12.8 Å². The number of anilines is 1. The predicted molar refractivity (Wildman–Crippen MR) is 73.4 cm³/mol. The number of para-hydroxylation sites is 1. The first-order valence-electron chi connectivity index (χ1n) is 6.54. The summed E-state index contributed by atoms with van der Waals surface area (Å²) in [7, 11) is 1.49. The Bertz CT molecular complexity index is 442. The molecular formula is C14H20N2O3. The molecule has 5 nitrogen and oxygen atoms in total. The Balaban J connectivity index is 1.90. The average molecular weight is 264 g/mol. The Morgan fingerprint density at radius 1 is 1.37 bits per heavy atom. The van der Waals surface area contributed by atoms with E-state index in [2.05, 4.69) is 4.90 Å². The molecule has 1 aromatic carbocycles.